The maximum Gasteiger partial charge on any atom is 0.241 e. The van der Waals surface area contributed by atoms with Crippen LogP contribution in [0.5, 0.6) is 5.75 Å². The zero-order chi connectivity index (χ0) is 17.6. The zero-order valence-electron chi connectivity index (χ0n) is 14.1. The lowest BCUT2D eigenvalue weighted by molar-refractivity contribution is -0.121. The van der Waals surface area contributed by atoms with Crippen molar-refractivity contribution >= 4 is 22.7 Å². The molecule has 25 heavy (non-hydrogen) atoms. The molecule has 7 nitrogen and oxygen atoms in total. The second-order valence-corrected chi connectivity index (χ2v) is 5.51. The Morgan fingerprint density at radius 3 is 2.72 bits per heavy atom. The van der Waals surface area contributed by atoms with Gasteiger partial charge in [-0.15, -0.1) is 5.10 Å². The highest BCUT2D eigenvalue weighted by atomic mass is 16.5. The fourth-order valence-electron chi connectivity index (χ4n) is 2.39. The van der Waals surface area contributed by atoms with Gasteiger partial charge in [-0.2, -0.15) is 5.10 Å². The molecule has 0 aliphatic carbocycles. The molecular formula is C18H19N5O2. The number of carbonyl (C=O) groups is 1. The Bertz CT molecular complexity index is 899. The molecule has 0 saturated carbocycles. The molecule has 1 amide bonds. The van der Waals surface area contributed by atoms with Crippen LogP contribution in [0.3, 0.4) is 0 Å². The van der Waals surface area contributed by atoms with Gasteiger partial charge in [-0.05, 0) is 48.9 Å². The molecule has 3 aromatic rings. The van der Waals surface area contributed by atoms with E-state index in [0.717, 1.165) is 28.1 Å². The Morgan fingerprint density at radius 1 is 1.20 bits per heavy atom. The van der Waals surface area contributed by atoms with Gasteiger partial charge in [0.1, 0.15) is 11.3 Å². The van der Waals surface area contributed by atoms with E-state index in [-0.39, 0.29) is 12.3 Å². The molecule has 3 rings (SSSR count). The fraction of sp³-hybridized carbons (Fsp3) is 0.222. The first kappa shape index (κ1) is 16.6. The highest BCUT2D eigenvalue weighted by Gasteiger charge is 2.06. The summed E-state index contributed by atoms with van der Waals surface area (Å²) >= 11 is 0. The molecule has 0 aliphatic heterocycles. The predicted molar refractivity (Wildman–Crippen MR) is 95.5 cm³/mol. The number of aromatic nitrogens is 3. The Kier molecular flexibility index (Phi) is 5.03. The Hall–Kier alpha value is -3.22. The number of benzene rings is 2. The van der Waals surface area contributed by atoms with Crippen molar-refractivity contribution in [2.75, 3.05) is 7.11 Å². The number of amides is 1. The fourth-order valence-corrected chi connectivity index (χ4v) is 2.39. The number of para-hydroxylation sites is 1. The molecular weight excluding hydrogens is 318 g/mol. The van der Waals surface area contributed by atoms with E-state index >= 15 is 0 Å². The topological polar surface area (TPSA) is 81.4 Å². The molecule has 0 unspecified atom stereocenters. The maximum atomic E-state index is 12.0. The van der Waals surface area contributed by atoms with Crippen LogP contribution in [0.1, 0.15) is 18.9 Å². The van der Waals surface area contributed by atoms with Gasteiger partial charge in [-0.25, -0.2) is 10.1 Å². The van der Waals surface area contributed by atoms with Crippen molar-refractivity contribution in [2.24, 2.45) is 5.10 Å². The normalized spacial score (nSPS) is 11.5. The van der Waals surface area contributed by atoms with Crippen molar-refractivity contribution < 1.29 is 9.53 Å². The van der Waals surface area contributed by atoms with Crippen LogP contribution in [0.15, 0.2) is 53.6 Å². The molecule has 0 bridgehead atoms. The first-order valence-electron chi connectivity index (χ1n) is 7.93. The molecule has 0 aliphatic rings. The van der Waals surface area contributed by atoms with Gasteiger partial charge in [-0.3, -0.25) is 4.79 Å². The van der Waals surface area contributed by atoms with Gasteiger partial charge in [-0.1, -0.05) is 17.3 Å². The van der Waals surface area contributed by atoms with E-state index in [4.69, 9.17) is 4.74 Å². The third-order valence-electron chi connectivity index (χ3n) is 3.83. The number of aryl methyl sites for hydroxylation is 1. The molecule has 0 radical (unpaired) electrons. The van der Waals surface area contributed by atoms with E-state index in [1.165, 1.54) is 0 Å². The summed E-state index contributed by atoms with van der Waals surface area (Å²) in [6.07, 6.45) is 0.271. The number of hydrogen-bond acceptors (Lipinski definition) is 5. The number of fused-ring (bicyclic) bond motifs is 1. The van der Waals surface area contributed by atoms with Gasteiger partial charge in [0.25, 0.3) is 0 Å². The summed E-state index contributed by atoms with van der Waals surface area (Å²) in [6.45, 7) is 2.29. The van der Waals surface area contributed by atoms with Crippen LogP contribution in [0.4, 0.5) is 0 Å². The van der Waals surface area contributed by atoms with Gasteiger partial charge in [0.2, 0.25) is 5.91 Å². The van der Waals surface area contributed by atoms with Crippen molar-refractivity contribution in [1.29, 1.82) is 0 Å². The van der Waals surface area contributed by atoms with Crippen LogP contribution >= 0.6 is 0 Å². The molecule has 1 N–H and O–H groups in total. The lowest BCUT2D eigenvalue weighted by atomic mass is 10.1. The lowest BCUT2D eigenvalue weighted by Crippen LogP contribution is -2.21. The minimum absolute atomic E-state index is 0.174. The van der Waals surface area contributed by atoms with Crippen LogP contribution in [0.2, 0.25) is 0 Å². The molecule has 1 heterocycles. The molecule has 0 atom stereocenters. The minimum Gasteiger partial charge on any atom is -0.497 e. The largest absolute Gasteiger partial charge is 0.497 e. The van der Waals surface area contributed by atoms with Crippen LogP contribution < -0.4 is 10.2 Å². The molecule has 128 valence electrons. The number of nitrogens with zero attached hydrogens (tertiary/aromatic N) is 4. The molecule has 0 fully saturated rings. The first-order valence-corrected chi connectivity index (χ1v) is 7.93. The summed E-state index contributed by atoms with van der Waals surface area (Å²) in [4.78, 5) is 12.0. The van der Waals surface area contributed by atoms with Gasteiger partial charge < -0.3 is 4.74 Å². The summed E-state index contributed by atoms with van der Waals surface area (Å²) in [5.74, 6) is 0.605. The number of carbonyl (C=O) groups excluding carboxylic acids is 1. The number of hydrazone groups is 1. The lowest BCUT2D eigenvalue weighted by Gasteiger charge is -2.05. The Morgan fingerprint density at radius 2 is 1.96 bits per heavy atom. The Balaban J connectivity index is 1.56. The van der Waals surface area contributed by atoms with E-state index in [2.05, 4.69) is 20.8 Å². The van der Waals surface area contributed by atoms with Crippen molar-refractivity contribution in [1.82, 2.24) is 20.4 Å². The molecule has 2 aromatic carbocycles. The number of nitrogens with one attached hydrogen (secondary N) is 1. The molecule has 1 aromatic heterocycles. The summed E-state index contributed by atoms with van der Waals surface area (Å²) in [5, 5.41) is 12.3. The van der Waals surface area contributed by atoms with Gasteiger partial charge in [0.05, 0.1) is 24.9 Å². The van der Waals surface area contributed by atoms with Gasteiger partial charge in [0, 0.05) is 6.42 Å². The highest BCUT2D eigenvalue weighted by Crippen LogP contribution is 2.12. The summed E-state index contributed by atoms with van der Waals surface area (Å²) in [6, 6.07) is 15.1. The van der Waals surface area contributed by atoms with Crippen molar-refractivity contribution in [3.63, 3.8) is 0 Å². The molecule has 7 heteroatoms. The standard InChI is InChI=1S/C18H19N5O2/c1-13(14-7-9-15(25-2)10-8-14)19-21-18(24)11-12-23-17-6-4-3-5-16(17)20-22-23/h3-10H,11-12H2,1-2H3,(H,21,24). The number of hydrogen-bond donors (Lipinski definition) is 1. The van der Waals surface area contributed by atoms with Gasteiger partial charge >= 0.3 is 0 Å². The second kappa shape index (κ2) is 7.57. The van der Waals surface area contributed by atoms with Crippen LogP contribution in [-0.2, 0) is 11.3 Å². The average molecular weight is 337 g/mol. The number of rotatable bonds is 6. The van der Waals surface area contributed by atoms with E-state index in [1.807, 2.05) is 55.5 Å². The molecule has 0 saturated heterocycles. The summed E-state index contributed by atoms with van der Waals surface area (Å²) in [7, 11) is 1.62. The minimum atomic E-state index is -0.174. The van der Waals surface area contributed by atoms with Crippen LogP contribution in [0, 0.1) is 0 Å². The van der Waals surface area contributed by atoms with Gasteiger partial charge in [0.15, 0.2) is 0 Å². The third kappa shape index (κ3) is 4.00. The monoisotopic (exact) mass is 337 g/mol. The van der Waals surface area contributed by atoms with E-state index in [1.54, 1.807) is 11.8 Å². The average Bonchev–Trinajstić information content (AvgIpc) is 3.07. The maximum absolute atomic E-state index is 12.0. The first-order chi connectivity index (χ1) is 12.2. The van der Waals surface area contributed by atoms with Crippen molar-refractivity contribution in [3.8, 4) is 5.75 Å². The SMILES string of the molecule is COc1ccc(C(C)=NNC(=O)CCn2nnc3ccccc32)cc1. The highest BCUT2D eigenvalue weighted by molar-refractivity contribution is 5.99. The number of methoxy groups -OCH3 is 1. The quantitative estimate of drug-likeness (QED) is 0.553. The van der Waals surface area contributed by atoms with Crippen molar-refractivity contribution in [3.05, 3.63) is 54.1 Å². The van der Waals surface area contributed by atoms with Crippen LogP contribution in [-0.4, -0.2) is 33.7 Å². The summed E-state index contributed by atoms with van der Waals surface area (Å²) < 4.78 is 6.84. The van der Waals surface area contributed by atoms with E-state index in [0.29, 0.717) is 6.54 Å². The van der Waals surface area contributed by atoms with Crippen molar-refractivity contribution in [2.45, 2.75) is 19.9 Å². The zero-order valence-corrected chi connectivity index (χ0v) is 14.1. The summed E-state index contributed by atoms with van der Waals surface area (Å²) in [5.41, 5.74) is 5.95. The number of ether oxygens (including phenoxy) is 1. The molecule has 0 spiro atoms. The second-order valence-electron chi connectivity index (χ2n) is 5.51. The Labute approximate surface area is 145 Å². The smallest absolute Gasteiger partial charge is 0.241 e. The van der Waals surface area contributed by atoms with E-state index < -0.39 is 0 Å². The predicted octanol–water partition coefficient (Wildman–Crippen LogP) is 2.37. The third-order valence-corrected chi connectivity index (χ3v) is 3.83. The van der Waals surface area contributed by atoms with E-state index in [9.17, 15) is 4.79 Å². The van der Waals surface area contributed by atoms with Crippen LogP contribution in [0.25, 0.3) is 11.0 Å².